The van der Waals surface area contributed by atoms with Gasteiger partial charge in [-0.15, -0.1) is 0 Å². The van der Waals surface area contributed by atoms with Crippen molar-refractivity contribution in [2.24, 2.45) is 5.92 Å². The van der Waals surface area contributed by atoms with Gasteiger partial charge < -0.3 is 10.1 Å². The van der Waals surface area contributed by atoms with Gasteiger partial charge in [0.2, 0.25) is 5.91 Å². The van der Waals surface area contributed by atoms with Gasteiger partial charge >= 0.3 is 6.18 Å². The van der Waals surface area contributed by atoms with Crippen LogP contribution >= 0.6 is 0 Å². The first-order valence-corrected chi connectivity index (χ1v) is 5.82. The van der Waals surface area contributed by atoms with E-state index in [1.165, 1.54) is 0 Å². The molecule has 0 aromatic heterocycles. The fourth-order valence-corrected chi connectivity index (χ4v) is 2.04. The molecule has 6 heteroatoms. The summed E-state index contributed by atoms with van der Waals surface area (Å²) in [6.45, 7) is 0.143. The van der Waals surface area contributed by atoms with Crippen LogP contribution in [0.1, 0.15) is 32.6 Å². The Morgan fingerprint density at radius 2 is 2.00 bits per heavy atom. The van der Waals surface area contributed by atoms with Crippen molar-refractivity contribution in [3.63, 3.8) is 0 Å². The minimum absolute atomic E-state index is 0.0748. The van der Waals surface area contributed by atoms with Crippen molar-refractivity contribution in [1.29, 1.82) is 0 Å². The van der Waals surface area contributed by atoms with E-state index >= 15 is 0 Å². The van der Waals surface area contributed by atoms with E-state index in [2.05, 4.69) is 10.1 Å². The maximum absolute atomic E-state index is 11.8. The molecule has 17 heavy (non-hydrogen) atoms. The Kier molecular flexibility index (Phi) is 5.24. The van der Waals surface area contributed by atoms with Crippen LogP contribution in [0.4, 0.5) is 13.2 Å². The number of hydrogen-bond donors (Lipinski definition) is 1. The van der Waals surface area contributed by atoms with Crippen molar-refractivity contribution in [1.82, 2.24) is 5.32 Å². The molecule has 0 aromatic carbocycles. The molecule has 100 valence electrons. The number of ether oxygens (including phenoxy) is 1. The van der Waals surface area contributed by atoms with Crippen molar-refractivity contribution in [2.45, 2.75) is 44.8 Å². The van der Waals surface area contributed by atoms with Gasteiger partial charge in [0.25, 0.3) is 0 Å². The zero-order valence-electron chi connectivity index (χ0n) is 9.85. The first kappa shape index (κ1) is 14.3. The predicted octanol–water partition coefficient (Wildman–Crippen LogP) is 2.26. The van der Waals surface area contributed by atoms with E-state index in [-0.39, 0.29) is 6.04 Å². The summed E-state index contributed by atoms with van der Waals surface area (Å²) < 4.78 is 39.6. The predicted molar refractivity (Wildman–Crippen MR) is 56.4 cm³/mol. The van der Waals surface area contributed by atoms with Gasteiger partial charge in [-0.1, -0.05) is 19.8 Å². The van der Waals surface area contributed by atoms with Gasteiger partial charge in [0.1, 0.15) is 13.2 Å². The molecule has 0 aromatic rings. The van der Waals surface area contributed by atoms with Crippen LogP contribution < -0.4 is 5.32 Å². The van der Waals surface area contributed by atoms with Crippen LogP contribution in [0.25, 0.3) is 0 Å². The summed E-state index contributed by atoms with van der Waals surface area (Å²) in [5, 5.41) is 2.72. The number of rotatable bonds is 4. The van der Waals surface area contributed by atoms with Gasteiger partial charge in [0.15, 0.2) is 0 Å². The number of amides is 1. The Labute approximate surface area is 98.7 Å². The molecule has 0 aliphatic heterocycles. The minimum atomic E-state index is -4.38. The third kappa shape index (κ3) is 5.91. The molecule has 2 atom stereocenters. The van der Waals surface area contributed by atoms with Crippen molar-refractivity contribution < 1.29 is 22.7 Å². The summed E-state index contributed by atoms with van der Waals surface area (Å²) in [7, 11) is 0. The van der Waals surface area contributed by atoms with Crippen molar-refractivity contribution in [3.05, 3.63) is 0 Å². The zero-order chi connectivity index (χ0) is 12.9. The molecule has 1 fully saturated rings. The third-order valence-electron chi connectivity index (χ3n) is 2.96. The zero-order valence-corrected chi connectivity index (χ0v) is 9.85. The molecule has 0 heterocycles. The molecule has 1 rings (SSSR count). The summed E-state index contributed by atoms with van der Waals surface area (Å²) >= 11 is 0. The van der Waals surface area contributed by atoms with Crippen LogP contribution in [-0.2, 0) is 9.53 Å². The molecule has 0 unspecified atom stereocenters. The van der Waals surface area contributed by atoms with Gasteiger partial charge in [0, 0.05) is 6.04 Å². The molecule has 0 saturated heterocycles. The second-order valence-electron chi connectivity index (χ2n) is 4.54. The molecule has 1 N–H and O–H groups in total. The van der Waals surface area contributed by atoms with Crippen molar-refractivity contribution in [2.75, 3.05) is 13.2 Å². The smallest absolute Gasteiger partial charge is 0.362 e. The number of halogens is 3. The standard InChI is InChI=1S/C11H18F3NO2/c1-8-4-2-3-5-9(8)15-10(16)6-17-7-11(12,13)14/h8-9H,2-7H2,1H3,(H,15,16)/t8-,9-/m1/s1. The second kappa shape index (κ2) is 6.23. The topological polar surface area (TPSA) is 38.3 Å². The highest BCUT2D eigenvalue weighted by Crippen LogP contribution is 2.23. The second-order valence-corrected chi connectivity index (χ2v) is 4.54. The van der Waals surface area contributed by atoms with Crippen LogP contribution in [0.5, 0.6) is 0 Å². The van der Waals surface area contributed by atoms with Gasteiger partial charge in [-0.05, 0) is 18.8 Å². The summed E-state index contributed by atoms with van der Waals surface area (Å²) in [6, 6.07) is 0.0748. The lowest BCUT2D eigenvalue weighted by Crippen LogP contribution is -2.43. The van der Waals surface area contributed by atoms with E-state index in [9.17, 15) is 18.0 Å². The van der Waals surface area contributed by atoms with Crippen molar-refractivity contribution in [3.8, 4) is 0 Å². The monoisotopic (exact) mass is 253 g/mol. The third-order valence-corrected chi connectivity index (χ3v) is 2.96. The molecular weight excluding hydrogens is 235 g/mol. The maximum atomic E-state index is 11.8. The lowest BCUT2D eigenvalue weighted by molar-refractivity contribution is -0.175. The fourth-order valence-electron chi connectivity index (χ4n) is 2.04. The van der Waals surface area contributed by atoms with E-state index in [4.69, 9.17) is 0 Å². The molecule has 0 radical (unpaired) electrons. The van der Waals surface area contributed by atoms with E-state index in [0.29, 0.717) is 5.92 Å². The van der Waals surface area contributed by atoms with Gasteiger partial charge in [-0.3, -0.25) is 4.79 Å². The Morgan fingerprint density at radius 1 is 1.35 bits per heavy atom. The number of carbonyl (C=O) groups is 1. The number of hydrogen-bond acceptors (Lipinski definition) is 2. The van der Waals surface area contributed by atoms with E-state index in [1.54, 1.807) is 0 Å². The van der Waals surface area contributed by atoms with E-state index in [0.717, 1.165) is 25.7 Å². The Bertz CT molecular complexity index is 256. The lowest BCUT2D eigenvalue weighted by atomic mass is 9.86. The molecule has 1 amide bonds. The van der Waals surface area contributed by atoms with E-state index in [1.807, 2.05) is 6.92 Å². The first-order valence-electron chi connectivity index (χ1n) is 5.82. The lowest BCUT2D eigenvalue weighted by Gasteiger charge is -2.29. The van der Waals surface area contributed by atoms with Crippen LogP contribution in [0.2, 0.25) is 0 Å². The highest BCUT2D eigenvalue weighted by Gasteiger charge is 2.28. The maximum Gasteiger partial charge on any atom is 0.411 e. The fraction of sp³-hybridized carbons (Fsp3) is 0.909. The Balaban J connectivity index is 2.20. The van der Waals surface area contributed by atoms with Crippen LogP contribution in [-0.4, -0.2) is 31.3 Å². The molecule has 0 spiro atoms. The quantitative estimate of drug-likeness (QED) is 0.834. The van der Waals surface area contributed by atoms with Gasteiger partial charge in [-0.2, -0.15) is 13.2 Å². The Morgan fingerprint density at radius 3 is 2.59 bits per heavy atom. The Hall–Kier alpha value is -0.780. The van der Waals surface area contributed by atoms with Gasteiger partial charge in [0.05, 0.1) is 0 Å². The van der Waals surface area contributed by atoms with Crippen molar-refractivity contribution >= 4 is 5.91 Å². The average Bonchev–Trinajstić information content (AvgIpc) is 2.19. The molecule has 0 bridgehead atoms. The van der Waals surface area contributed by atoms with Crippen LogP contribution in [0, 0.1) is 5.92 Å². The normalized spacial score (nSPS) is 25.6. The summed E-state index contributed by atoms with van der Waals surface area (Å²) in [4.78, 5) is 11.3. The number of alkyl halides is 3. The largest absolute Gasteiger partial charge is 0.411 e. The minimum Gasteiger partial charge on any atom is -0.362 e. The van der Waals surface area contributed by atoms with Crippen LogP contribution in [0.15, 0.2) is 0 Å². The molecule has 1 aliphatic rings. The number of carbonyl (C=O) groups excluding carboxylic acids is 1. The molecular formula is C11H18F3NO2. The summed E-state index contributed by atoms with van der Waals surface area (Å²) in [6.07, 6.45) is -0.226. The molecule has 1 aliphatic carbocycles. The SMILES string of the molecule is C[C@@H]1CCCC[C@H]1NC(=O)COCC(F)(F)F. The number of nitrogens with one attached hydrogen (secondary N) is 1. The summed E-state index contributed by atoms with van der Waals surface area (Å²) in [5.74, 6) is -0.0803. The van der Waals surface area contributed by atoms with Crippen LogP contribution in [0.3, 0.4) is 0 Å². The molecule has 3 nitrogen and oxygen atoms in total. The van der Waals surface area contributed by atoms with Gasteiger partial charge in [-0.25, -0.2) is 0 Å². The molecule has 1 saturated carbocycles. The van der Waals surface area contributed by atoms with E-state index < -0.39 is 25.3 Å². The average molecular weight is 253 g/mol. The highest BCUT2D eigenvalue weighted by molar-refractivity contribution is 5.77. The first-order chi connectivity index (χ1) is 7.88. The highest BCUT2D eigenvalue weighted by atomic mass is 19.4. The summed E-state index contributed by atoms with van der Waals surface area (Å²) in [5.41, 5.74) is 0.